The molecule has 0 aromatic rings. The number of nitrogens with two attached hydrogens (primary N) is 1. The van der Waals surface area contributed by atoms with E-state index in [1.807, 2.05) is 0 Å². The summed E-state index contributed by atoms with van der Waals surface area (Å²) in [5.41, 5.74) is 0. The molecule has 2 aliphatic rings. The van der Waals surface area contributed by atoms with E-state index in [9.17, 15) is 0 Å². The van der Waals surface area contributed by atoms with Crippen LogP contribution in [0.5, 0.6) is 0 Å². The molecular weight excluding hydrogens is 176 g/mol. The van der Waals surface area contributed by atoms with Gasteiger partial charge >= 0.3 is 0 Å². The quantitative estimate of drug-likeness (QED) is 0.699. The molecule has 1 heterocycles. The molecule has 3 heteroatoms. The minimum absolute atomic E-state index is 0.706. The van der Waals surface area contributed by atoms with Gasteiger partial charge in [0, 0.05) is 6.04 Å². The summed E-state index contributed by atoms with van der Waals surface area (Å²) < 4.78 is 0. The zero-order valence-corrected chi connectivity index (χ0v) is 8.95. The predicted octanol–water partition coefficient (Wildman–Crippen LogP) is 1.53. The van der Waals surface area contributed by atoms with Crippen molar-refractivity contribution in [3.05, 3.63) is 0 Å². The fourth-order valence-corrected chi connectivity index (χ4v) is 2.89. The Labute approximate surface area is 86.5 Å². The Morgan fingerprint density at radius 3 is 2.29 bits per heavy atom. The summed E-state index contributed by atoms with van der Waals surface area (Å²) >= 11 is 0. The van der Waals surface area contributed by atoms with Crippen molar-refractivity contribution in [1.82, 2.24) is 4.90 Å². The van der Waals surface area contributed by atoms with Gasteiger partial charge in [-0.2, -0.15) is 0 Å². The smallest absolute Gasteiger partial charge is 0.0708 e. The molecule has 2 fully saturated rings. The van der Waals surface area contributed by atoms with Crippen LogP contribution in [0, 0.1) is 5.92 Å². The van der Waals surface area contributed by atoms with Crippen molar-refractivity contribution in [1.29, 1.82) is 0 Å². The molecule has 82 valence electrons. The Morgan fingerprint density at radius 1 is 1.07 bits per heavy atom. The predicted molar refractivity (Wildman–Crippen MR) is 56.7 cm³/mol. The minimum Gasteiger partial charge on any atom is -0.304 e. The third kappa shape index (κ3) is 2.47. The lowest BCUT2D eigenvalue weighted by atomic mass is 9.96. The lowest BCUT2D eigenvalue weighted by Crippen LogP contribution is -2.41. The van der Waals surface area contributed by atoms with Crippen molar-refractivity contribution in [2.24, 2.45) is 11.8 Å². The van der Waals surface area contributed by atoms with E-state index in [-0.39, 0.29) is 0 Å². The van der Waals surface area contributed by atoms with Gasteiger partial charge in [-0.05, 0) is 44.7 Å². The maximum atomic E-state index is 5.10. The minimum atomic E-state index is 0.706. The molecule has 0 spiro atoms. The van der Waals surface area contributed by atoms with Crippen LogP contribution in [0.4, 0.5) is 0 Å². The van der Waals surface area contributed by atoms with Crippen LogP contribution < -0.4 is 5.90 Å². The third-order valence-electron chi connectivity index (χ3n) is 3.82. The maximum absolute atomic E-state index is 5.10. The normalized spacial score (nSPS) is 27.2. The van der Waals surface area contributed by atoms with E-state index in [2.05, 4.69) is 4.90 Å². The highest BCUT2D eigenvalue weighted by molar-refractivity contribution is 4.81. The topological polar surface area (TPSA) is 38.5 Å². The van der Waals surface area contributed by atoms with Crippen LogP contribution in [0.2, 0.25) is 0 Å². The second-order valence-electron chi connectivity index (χ2n) is 4.75. The molecule has 0 unspecified atom stereocenters. The van der Waals surface area contributed by atoms with E-state index in [4.69, 9.17) is 10.7 Å². The molecule has 1 saturated heterocycles. The molecule has 1 aliphatic heterocycles. The monoisotopic (exact) mass is 198 g/mol. The molecule has 1 saturated carbocycles. The van der Waals surface area contributed by atoms with Gasteiger partial charge in [0.05, 0.1) is 6.61 Å². The highest BCUT2D eigenvalue weighted by Gasteiger charge is 2.26. The zero-order valence-electron chi connectivity index (χ0n) is 8.95. The standard InChI is InChI=1S/C11H22N2O/c12-14-9-10-5-7-13(8-6-10)11-3-1-2-4-11/h10-11H,1-9,12H2. The van der Waals surface area contributed by atoms with Crippen LogP contribution >= 0.6 is 0 Å². The molecule has 1 aliphatic carbocycles. The van der Waals surface area contributed by atoms with Gasteiger partial charge in [-0.15, -0.1) is 0 Å². The number of rotatable bonds is 3. The van der Waals surface area contributed by atoms with Crippen LogP contribution in [0.15, 0.2) is 0 Å². The largest absolute Gasteiger partial charge is 0.304 e. The van der Waals surface area contributed by atoms with Crippen LogP contribution in [-0.4, -0.2) is 30.6 Å². The van der Waals surface area contributed by atoms with Gasteiger partial charge < -0.3 is 9.74 Å². The van der Waals surface area contributed by atoms with Crippen molar-refractivity contribution >= 4 is 0 Å². The Balaban J connectivity index is 1.72. The van der Waals surface area contributed by atoms with Gasteiger partial charge in [0.1, 0.15) is 0 Å². The summed E-state index contributed by atoms with van der Waals surface area (Å²) in [4.78, 5) is 7.40. The molecule has 0 radical (unpaired) electrons. The van der Waals surface area contributed by atoms with Crippen molar-refractivity contribution in [2.75, 3.05) is 19.7 Å². The highest BCUT2D eigenvalue weighted by Crippen LogP contribution is 2.27. The number of likely N-dealkylation sites (tertiary alicyclic amines) is 1. The second kappa shape index (κ2) is 5.10. The van der Waals surface area contributed by atoms with Crippen molar-refractivity contribution in [3.8, 4) is 0 Å². The van der Waals surface area contributed by atoms with E-state index >= 15 is 0 Å². The number of hydrogen-bond donors (Lipinski definition) is 1. The van der Waals surface area contributed by atoms with Gasteiger partial charge in [0.2, 0.25) is 0 Å². The van der Waals surface area contributed by atoms with Gasteiger partial charge in [0.25, 0.3) is 0 Å². The van der Waals surface area contributed by atoms with E-state index in [1.165, 1.54) is 51.6 Å². The molecule has 0 bridgehead atoms. The molecule has 0 amide bonds. The molecule has 0 aromatic carbocycles. The zero-order chi connectivity index (χ0) is 9.80. The molecule has 2 rings (SSSR count). The molecule has 14 heavy (non-hydrogen) atoms. The lowest BCUT2D eigenvalue weighted by molar-refractivity contribution is 0.0562. The van der Waals surface area contributed by atoms with Gasteiger partial charge in [-0.25, -0.2) is 5.90 Å². The number of piperidine rings is 1. The van der Waals surface area contributed by atoms with Crippen molar-refractivity contribution in [2.45, 2.75) is 44.6 Å². The van der Waals surface area contributed by atoms with Gasteiger partial charge in [-0.1, -0.05) is 12.8 Å². The summed E-state index contributed by atoms with van der Waals surface area (Å²) in [6, 6.07) is 0.898. The van der Waals surface area contributed by atoms with Crippen LogP contribution in [0.25, 0.3) is 0 Å². The summed E-state index contributed by atoms with van der Waals surface area (Å²) in [5.74, 6) is 5.81. The molecule has 2 N–H and O–H groups in total. The first kappa shape index (κ1) is 10.4. The Bertz CT molecular complexity index is 161. The molecule has 0 atom stereocenters. The second-order valence-corrected chi connectivity index (χ2v) is 4.75. The van der Waals surface area contributed by atoms with Crippen LogP contribution in [-0.2, 0) is 4.84 Å². The van der Waals surface area contributed by atoms with Gasteiger partial charge in [0.15, 0.2) is 0 Å². The average molecular weight is 198 g/mol. The Kier molecular flexibility index (Phi) is 3.79. The first-order valence-electron chi connectivity index (χ1n) is 5.96. The molecular formula is C11H22N2O. The fraction of sp³-hybridized carbons (Fsp3) is 1.00. The van der Waals surface area contributed by atoms with Crippen LogP contribution in [0.1, 0.15) is 38.5 Å². The summed E-state index contributed by atoms with van der Waals surface area (Å²) in [6.07, 6.45) is 8.28. The van der Waals surface area contributed by atoms with Gasteiger partial charge in [-0.3, -0.25) is 0 Å². The summed E-state index contributed by atoms with van der Waals surface area (Å²) in [7, 11) is 0. The van der Waals surface area contributed by atoms with E-state index in [0.29, 0.717) is 5.92 Å². The number of nitrogens with zero attached hydrogens (tertiary/aromatic N) is 1. The van der Waals surface area contributed by atoms with E-state index in [0.717, 1.165) is 12.6 Å². The van der Waals surface area contributed by atoms with Crippen molar-refractivity contribution < 1.29 is 4.84 Å². The first-order valence-corrected chi connectivity index (χ1v) is 5.96. The van der Waals surface area contributed by atoms with E-state index < -0.39 is 0 Å². The first-order chi connectivity index (χ1) is 6.90. The lowest BCUT2D eigenvalue weighted by Gasteiger charge is -2.35. The van der Waals surface area contributed by atoms with Crippen molar-refractivity contribution in [3.63, 3.8) is 0 Å². The summed E-state index contributed by atoms with van der Waals surface area (Å²) in [5, 5.41) is 0. The SMILES string of the molecule is NOCC1CCN(C2CCCC2)CC1. The Hall–Kier alpha value is -0.120. The Morgan fingerprint density at radius 2 is 1.71 bits per heavy atom. The summed E-state index contributed by atoms with van der Waals surface area (Å²) in [6.45, 7) is 3.27. The molecule has 3 nitrogen and oxygen atoms in total. The highest BCUT2D eigenvalue weighted by atomic mass is 16.6. The molecule has 0 aromatic heterocycles. The van der Waals surface area contributed by atoms with E-state index in [1.54, 1.807) is 0 Å². The third-order valence-corrected chi connectivity index (χ3v) is 3.82. The van der Waals surface area contributed by atoms with Crippen LogP contribution in [0.3, 0.4) is 0 Å². The number of hydrogen-bond acceptors (Lipinski definition) is 3. The maximum Gasteiger partial charge on any atom is 0.0708 e. The average Bonchev–Trinajstić information content (AvgIpc) is 2.72. The fourth-order valence-electron chi connectivity index (χ4n) is 2.89.